The molecule has 1 N–H and O–H groups in total. The van der Waals surface area contributed by atoms with Gasteiger partial charge in [0.05, 0.1) is 17.8 Å². The van der Waals surface area contributed by atoms with Crippen LogP contribution in [0.25, 0.3) is 0 Å². The van der Waals surface area contributed by atoms with Gasteiger partial charge in [0.2, 0.25) is 0 Å². The molecule has 0 amide bonds. The third-order valence-electron chi connectivity index (χ3n) is 5.59. The van der Waals surface area contributed by atoms with Gasteiger partial charge in [-0.3, -0.25) is 0 Å². The molecule has 3 aliphatic heterocycles. The van der Waals surface area contributed by atoms with E-state index in [-0.39, 0.29) is 22.8 Å². The molecule has 27 heavy (non-hydrogen) atoms. The summed E-state index contributed by atoms with van der Waals surface area (Å²) in [6.45, 7) is 8.52. The average Bonchev–Trinajstić information content (AvgIpc) is 3.11. The standard InChI is InChI=1S/C20H26O7/c1-11(2)17(22)25-14-8-12(3)20(24-5)7-6-19(4,27-20)9-15-16(14)13(10-21)18(23)26-15/h9,12,14,21H,1,6-8,10H2,2-5H3/b15-9+/t12-,14+,19-,20+/m1/s1. The van der Waals surface area contributed by atoms with Crippen LogP contribution < -0.4 is 0 Å². The molecule has 0 spiro atoms. The van der Waals surface area contributed by atoms with Crippen LogP contribution in [0.3, 0.4) is 0 Å². The van der Waals surface area contributed by atoms with Crippen LogP contribution in [0.4, 0.5) is 0 Å². The van der Waals surface area contributed by atoms with Crippen molar-refractivity contribution in [2.24, 2.45) is 5.92 Å². The number of rotatable bonds is 4. The number of aliphatic hydroxyl groups is 1. The predicted molar refractivity (Wildman–Crippen MR) is 95.2 cm³/mol. The molecule has 0 unspecified atom stereocenters. The molecular formula is C20H26O7. The Labute approximate surface area is 158 Å². The number of ether oxygens (including phenoxy) is 4. The highest BCUT2D eigenvalue weighted by Crippen LogP contribution is 2.49. The predicted octanol–water partition coefficient (Wildman–Crippen LogP) is 2.16. The monoisotopic (exact) mass is 378 g/mol. The lowest BCUT2D eigenvalue weighted by Gasteiger charge is -2.36. The molecule has 4 atom stereocenters. The van der Waals surface area contributed by atoms with Gasteiger partial charge in [-0.1, -0.05) is 13.5 Å². The SMILES string of the molecule is C=C(C)C(=O)O[C@H]1C[C@@H](C)[C@]2(OC)CC[C@](C)(/C=C3/OC(=O)C(CO)=C31)O2. The van der Waals surface area contributed by atoms with Crippen molar-refractivity contribution in [2.75, 3.05) is 13.7 Å². The topological polar surface area (TPSA) is 91.3 Å². The summed E-state index contributed by atoms with van der Waals surface area (Å²) < 4.78 is 23.1. The quantitative estimate of drug-likeness (QED) is 0.592. The van der Waals surface area contributed by atoms with Crippen LogP contribution in [0.1, 0.15) is 40.0 Å². The highest BCUT2D eigenvalue weighted by atomic mass is 16.7. The van der Waals surface area contributed by atoms with Gasteiger partial charge in [0, 0.05) is 30.6 Å². The van der Waals surface area contributed by atoms with Gasteiger partial charge in [-0.25, -0.2) is 9.59 Å². The molecule has 3 aliphatic rings. The number of carbonyl (C=O) groups is 2. The van der Waals surface area contributed by atoms with Crippen molar-refractivity contribution in [2.45, 2.75) is 57.5 Å². The van der Waals surface area contributed by atoms with Gasteiger partial charge < -0.3 is 24.1 Å². The van der Waals surface area contributed by atoms with Gasteiger partial charge >= 0.3 is 11.9 Å². The first-order valence-electron chi connectivity index (χ1n) is 9.06. The molecule has 1 fully saturated rings. The van der Waals surface area contributed by atoms with Crippen LogP contribution in [0.5, 0.6) is 0 Å². The number of hydrogen-bond acceptors (Lipinski definition) is 7. The van der Waals surface area contributed by atoms with E-state index in [1.165, 1.54) is 0 Å². The highest BCUT2D eigenvalue weighted by Gasteiger charge is 2.53. The third kappa shape index (κ3) is 3.35. The Morgan fingerprint density at radius 3 is 2.74 bits per heavy atom. The second-order valence-electron chi connectivity index (χ2n) is 7.69. The van der Waals surface area contributed by atoms with E-state index >= 15 is 0 Å². The minimum absolute atomic E-state index is 0.0980. The molecule has 148 valence electrons. The van der Waals surface area contributed by atoms with Gasteiger partial charge in [-0.15, -0.1) is 0 Å². The number of aliphatic hydroxyl groups excluding tert-OH is 1. The van der Waals surface area contributed by atoms with Gasteiger partial charge in [0.1, 0.15) is 11.9 Å². The van der Waals surface area contributed by atoms with E-state index in [2.05, 4.69) is 6.58 Å². The third-order valence-corrected chi connectivity index (χ3v) is 5.59. The molecule has 0 aromatic heterocycles. The molecule has 0 aromatic carbocycles. The van der Waals surface area contributed by atoms with Crippen LogP contribution in [-0.4, -0.2) is 48.3 Å². The molecule has 0 aliphatic carbocycles. The molecule has 1 saturated heterocycles. The van der Waals surface area contributed by atoms with Crippen LogP contribution >= 0.6 is 0 Å². The maximum Gasteiger partial charge on any atom is 0.342 e. The fourth-order valence-corrected chi connectivity index (χ4v) is 4.03. The van der Waals surface area contributed by atoms with E-state index in [0.29, 0.717) is 24.8 Å². The van der Waals surface area contributed by atoms with Crippen molar-refractivity contribution >= 4 is 11.9 Å². The smallest absolute Gasteiger partial charge is 0.342 e. The molecule has 2 bridgehead atoms. The Bertz CT molecular complexity index is 749. The van der Waals surface area contributed by atoms with Gasteiger partial charge in [0.25, 0.3) is 0 Å². The molecule has 3 rings (SSSR count). The van der Waals surface area contributed by atoms with Crippen molar-refractivity contribution in [1.29, 1.82) is 0 Å². The van der Waals surface area contributed by atoms with Crippen molar-refractivity contribution in [3.05, 3.63) is 35.1 Å². The molecule has 0 radical (unpaired) electrons. The summed E-state index contributed by atoms with van der Waals surface area (Å²) in [4.78, 5) is 24.5. The van der Waals surface area contributed by atoms with Gasteiger partial charge in [-0.05, 0) is 32.8 Å². The van der Waals surface area contributed by atoms with Crippen LogP contribution in [-0.2, 0) is 28.5 Å². The largest absolute Gasteiger partial charge is 0.454 e. The van der Waals surface area contributed by atoms with Crippen LogP contribution in [0, 0.1) is 5.92 Å². The zero-order valence-electron chi connectivity index (χ0n) is 16.2. The number of methoxy groups -OCH3 is 1. The summed E-state index contributed by atoms with van der Waals surface area (Å²) in [5, 5.41) is 9.73. The van der Waals surface area contributed by atoms with Crippen molar-refractivity contribution in [3.8, 4) is 0 Å². The first-order valence-corrected chi connectivity index (χ1v) is 9.06. The second-order valence-corrected chi connectivity index (χ2v) is 7.69. The lowest BCUT2D eigenvalue weighted by molar-refractivity contribution is -0.255. The summed E-state index contributed by atoms with van der Waals surface area (Å²) in [6.07, 6.45) is 2.62. The number of fused-ring (bicyclic) bond motifs is 3. The lowest BCUT2D eigenvalue weighted by Crippen LogP contribution is -2.42. The normalized spacial score (nSPS) is 37.5. The fraction of sp³-hybridized carbons (Fsp3) is 0.600. The molecule has 7 nitrogen and oxygen atoms in total. The van der Waals surface area contributed by atoms with Crippen LogP contribution in [0.15, 0.2) is 35.1 Å². The Morgan fingerprint density at radius 2 is 2.15 bits per heavy atom. The summed E-state index contributed by atoms with van der Waals surface area (Å²) in [5.41, 5.74) is 0.0348. The second kappa shape index (κ2) is 6.89. The Balaban J connectivity index is 2.13. The van der Waals surface area contributed by atoms with E-state index in [4.69, 9.17) is 18.9 Å². The van der Waals surface area contributed by atoms with Gasteiger partial charge in [0.15, 0.2) is 5.79 Å². The zero-order valence-corrected chi connectivity index (χ0v) is 16.2. The van der Waals surface area contributed by atoms with E-state index in [1.54, 1.807) is 20.1 Å². The molecule has 3 heterocycles. The van der Waals surface area contributed by atoms with E-state index in [9.17, 15) is 14.7 Å². The fourth-order valence-electron chi connectivity index (χ4n) is 4.03. The maximum atomic E-state index is 12.3. The minimum Gasteiger partial charge on any atom is -0.454 e. The molecule has 7 heteroatoms. The van der Waals surface area contributed by atoms with Crippen molar-refractivity contribution in [3.63, 3.8) is 0 Å². The molecule has 0 saturated carbocycles. The maximum absolute atomic E-state index is 12.3. The van der Waals surface area contributed by atoms with Crippen molar-refractivity contribution < 1.29 is 33.6 Å². The van der Waals surface area contributed by atoms with Gasteiger partial charge in [-0.2, -0.15) is 0 Å². The molecule has 0 aromatic rings. The minimum atomic E-state index is -0.831. The van der Waals surface area contributed by atoms with Crippen LogP contribution in [0.2, 0.25) is 0 Å². The first kappa shape index (κ1) is 19.8. The molecular weight excluding hydrogens is 352 g/mol. The number of esters is 2. The number of carbonyl (C=O) groups excluding carboxylic acids is 2. The van der Waals surface area contributed by atoms with E-state index in [0.717, 1.165) is 0 Å². The van der Waals surface area contributed by atoms with Crippen molar-refractivity contribution in [1.82, 2.24) is 0 Å². The zero-order chi connectivity index (χ0) is 20.0. The average molecular weight is 378 g/mol. The Morgan fingerprint density at radius 1 is 1.44 bits per heavy atom. The van der Waals surface area contributed by atoms with E-state index in [1.807, 2.05) is 13.8 Å². The highest BCUT2D eigenvalue weighted by molar-refractivity contribution is 5.95. The summed E-state index contributed by atoms with van der Waals surface area (Å²) in [6, 6.07) is 0. The lowest BCUT2D eigenvalue weighted by atomic mass is 9.85. The Hall–Kier alpha value is -1.96. The number of hydrogen-bond donors (Lipinski definition) is 1. The van der Waals surface area contributed by atoms with E-state index < -0.39 is 36.0 Å². The summed E-state index contributed by atoms with van der Waals surface area (Å²) >= 11 is 0. The summed E-state index contributed by atoms with van der Waals surface area (Å²) in [5.74, 6) is -1.92. The Kier molecular flexibility index (Phi) is 5.05. The first-order chi connectivity index (χ1) is 12.6. The summed E-state index contributed by atoms with van der Waals surface area (Å²) in [7, 11) is 1.60.